The van der Waals surface area contributed by atoms with Crippen LogP contribution in [0, 0.1) is 0 Å². The maximum atomic E-state index is 13.7. The molecule has 42 heavy (non-hydrogen) atoms. The van der Waals surface area contributed by atoms with E-state index in [4.69, 9.17) is 4.74 Å². The van der Waals surface area contributed by atoms with Gasteiger partial charge in [-0.2, -0.15) is 0 Å². The highest BCUT2D eigenvalue weighted by molar-refractivity contribution is 7.92. The van der Waals surface area contributed by atoms with E-state index in [1.807, 2.05) is 67.6 Å². The van der Waals surface area contributed by atoms with E-state index >= 15 is 0 Å². The molecule has 2 aromatic carbocycles. The molecule has 1 fully saturated rings. The third-order valence-corrected chi connectivity index (χ3v) is 8.15. The first-order valence-electron chi connectivity index (χ1n) is 13.9. The van der Waals surface area contributed by atoms with Gasteiger partial charge in [0.1, 0.15) is 0 Å². The lowest BCUT2D eigenvalue weighted by molar-refractivity contribution is -0.128. The number of methoxy groups -OCH3 is 1. The van der Waals surface area contributed by atoms with Gasteiger partial charge >= 0.3 is 0 Å². The minimum absolute atomic E-state index is 0.0216. The molecule has 0 bridgehead atoms. The molecule has 0 spiro atoms. The first-order valence-corrected chi connectivity index (χ1v) is 15.8. The molecule has 1 aliphatic heterocycles. The van der Waals surface area contributed by atoms with Gasteiger partial charge in [0.05, 0.1) is 47.2 Å². The van der Waals surface area contributed by atoms with Crippen molar-refractivity contribution >= 4 is 49.8 Å². The predicted molar refractivity (Wildman–Crippen MR) is 169 cm³/mol. The molecule has 0 aliphatic carbocycles. The summed E-state index contributed by atoms with van der Waals surface area (Å²) in [4.78, 5) is 29.2. The van der Waals surface area contributed by atoms with Gasteiger partial charge in [0.2, 0.25) is 15.9 Å². The van der Waals surface area contributed by atoms with Crippen molar-refractivity contribution in [1.29, 1.82) is 0 Å². The number of aryl methyl sites for hydroxylation is 1. The minimum atomic E-state index is -3.57. The molecule has 4 rings (SSSR count). The molecule has 2 N–H and O–H groups in total. The molecule has 1 aliphatic rings. The highest BCUT2D eigenvalue weighted by Crippen LogP contribution is 2.40. The van der Waals surface area contributed by atoms with Gasteiger partial charge in [-0.05, 0) is 41.7 Å². The summed E-state index contributed by atoms with van der Waals surface area (Å²) < 4.78 is 34.4. The lowest BCUT2D eigenvalue weighted by Crippen LogP contribution is -2.36. The summed E-state index contributed by atoms with van der Waals surface area (Å²) in [6.45, 7) is 14.2. The molecule has 1 aromatic heterocycles. The lowest BCUT2D eigenvalue weighted by atomic mass is 9.86. The number of aromatic nitrogens is 1. The summed E-state index contributed by atoms with van der Waals surface area (Å²) in [5.41, 5.74) is 4.17. The van der Waals surface area contributed by atoms with Gasteiger partial charge in [0.25, 0.3) is 5.91 Å². The Balaban J connectivity index is 1.71. The number of para-hydroxylation sites is 1. The Morgan fingerprint density at radius 1 is 1.00 bits per heavy atom. The first kappa shape index (κ1) is 31.0. The Morgan fingerprint density at radius 2 is 1.64 bits per heavy atom. The number of fused-ring (bicyclic) bond motifs is 1. The number of sulfonamides is 1. The molecule has 0 radical (unpaired) electrons. The largest absolute Gasteiger partial charge is 0.492 e. The number of hydrogen-bond acceptors (Lipinski definition) is 6. The predicted octanol–water partition coefficient (Wildman–Crippen LogP) is 4.63. The average Bonchev–Trinajstić information content (AvgIpc) is 3.06. The van der Waals surface area contributed by atoms with Crippen LogP contribution >= 0.6 is 0 Å². The second-order valence-corrected chi connectivity index (χ2v) is 13.6. The zero-order valence-corrected chi connectivity index (χ0v) is 26.3. The van der Waals surface area contributed by atoms with Crippen molar-refractivity contribution in [3.63, 3.8) is 0 Å². The number of amides is 2. The molecule has 3 aromatic rings. The van der Waals surface area contributed by atoms with Crippen LogP contribution in [0.25, 0.3) is 16.6 Å². The summed E-state index contributed by atoms with van der Waals surface area (Å²) in [5, 5.41) is 4.23. The smallest absolute Gasteiger partial charge is 0.256 e. The Labute approximate surface area is 248 Å². The number of rotatable bonds is 7. The minimum Gasteiger partial charge on any atom is -0.492 e. The van der Waals surface area contributed by atoms with Gasteiger partial charge in [-0.15, -0.1) is 0 Å². The summed E-state index contributed by atoms with van der Waals surface area (Å²) in [5.74, 6) is 0.284. The highest BCUT2D eigenvalue weighted by Gasteiger charge is 2.25. The van der Waals surface area contributed by atoms with Crippen molar-refractivity contribution in [2.75, 3.05) is 49.6 Å². The molecule has 11 heteroatoms. The zero-order valence-electron chi connectivity index (χ0n) is 25.5. The van der Waals surface area contributed by atoms with E-state index in [-0.39, 0.29) is 17.2 Å². The summed E-state index contributed by atoms with van der Waals surface area (Å²) >= 11 is 0. The van der Waals surface area contributed by atoms with E-state index in [1.54, 1.807) is 17.9 Å². The van der Waals surface area contributed by atoms with Gasteiger partial charge in [-0.1, -0.05) is 39.5 Å². The van der Waals surface area contributed by atoms with E-state index in [1.165, 1.54) is 7.11 Å². The van der Waals surface area contributed by atoms with Gasteiger partial charge in [0, 0.05) is 45.5 Å². The topological polar surface area (TPSA) is 113 Å². The maximum absolute atomic E-state index is 13.7. The Morgan fingerprint density at radius 3 is 2.26 bits per heavy atom. The molecule has 10 nitrogen and oxygen atoms in total. The Bertz CT molecular complexity index is 1650. The fourth-order valence-corrected chi connectivity index (χ4v) is 5.91. The third-order valence-electron chi connectivity index (χ3n) is 7.56. The number of carbonyl (C=O) groups excluding carboxylic acids is 2. The zero-order chi connectivity index (χ0) is 31.0. The van der Waals surface area contributed by atoms with E-state index < -0.39 is 10.0 Å². The van der Waals surface area contributed by atoms with Crippen LogP contribution in [-0.2, 0) is 27.3 Å². The Kier molecular flexibility index (Phi) is 8.63. The van der Waals surface area contributed by atoms with Crippen LogP contribution in [0.5, 0.6) is 5.75 Å². The van der Waals surface area contributed by atoms with Crippen LogP contribution in [0.4, 0.5) is 11.4 Å². The monoisotopic (exact) mass is 595 g/mol. The highest BCUT2D eigenvalue weighted by atomic mass is 32.2. The standard InChI is InChI=1S/C31H41N5O5S/c1-20(32-25-18-23(31(3,4)5)19-26(29(25)41-7)33-42(8,39)40)27-17-22-11-9-12-24(28(22)34(27)6)30(38)36-14-10-13-35(15-16-36)21(2)37/h9,11-12,17-19,32-33H,1,10,13-16H2,2-8H3. The number of hydrogen-bond donors (Lipinski definition) is 2. The number of ether oxygens (including phenoxy) is 1. The summed E-state index contributed by atoms with van der Waals surface area (Å²) in [6, 6.07) is 11.3. The molecule has 2 heterocycles. The second kappa shape index (κ2) is 11.7. The van der Waals surface area contributed by atoms with Crippen LogP contribution in [0.15, 0.2) is 43.0 Å². The van der Waals surface area contributed by atoms with Gasteiger partial charge in [0.15, 0.2) is 5.75 Å². The molecular weight excluding hydrogens is 554 g/mol. The molecular formula is C31H41N5O5S. The molecule has 0 unspecified atom stereocenters. The average molecular weight is 596 g/mol. The van der Waals surface area contributed by atoms with Crippen LogP contribution in [0.1, 0.15) is 55.7 Å². The van der Waals surface area contributed by atoms with Gasteiger partial charge in [-0.25, -0.2) is 8.42 Å². The number of anilines is 2. The van der Waals surface area contributed by atoms with Crippen LogP contribution in [0.2, 0.25) is 0 Å². The number of nitrogens with zero attached hydrogens (tertiary/aromatic N) is 3. The van der Waals surface area contributed by atoms with E-state index in [0.29, 0.717) is 54.6 Å². The molecule has 1 saturated heterocycles. The molecule has 0 saturated carbocycles. The van der Waals surface area contributed by atoms with Gasteiger partial charge in [-0.3, -0.25) is 14.3 Å². The molecule has 226 valence electrons. The first-order chi connectivity index (χ1) is 19.6. The third kappa shape index (κ3) is 6.56. The van der Waals surface area contributed by atoms with Crippen molar-refractivity contribution < 1.29 is 22.7 Å². The number of benzene rings is 2. The fraction of sp³-hybridized carbons (Fsp3) is 0.419. The van der Waals surface area contributed by atoms with Crippen molar-refractivity contribution in [2.24, 2.45) is 7.05 Å². The molecule has 0 atom stereocenters. The van der Waals surface area contributed by atoms with Crippen molar-refractivity contribution in [3.05, 3.63) is 59.8 Å². The van der Waals surface area contributed by atoms with Crippen molar-refractivity contribution in [1.82, 2.24) is 14.4 Å². The second-order valence-electron chi connectivity index (χ2n) is 11.8. The number of nitrogens with one attached hydrogen (secondary N) is 2. The summed E-state index contributed by atoms with van der Waals surface area (Å²) in [6.07, 6.45) is 1.83. The lowest BCUT2D eigenvalue weighted by Gasteiger charge is -2.24. The SMILES string of the molecule is C=C(Nc1cc(C(C)(C)C)cc(NS(C)(=O)=O)c1OC)c1cc2cccc(C(=O)N3CCCN(C(C)=O)CC3)c2n1C. The Hall–Kier alpha value is -3.99. The van der Waals surface area contributed by atoms with E-state index in [2.05, 4.69) is 16.6 Å². The molecule has 2 amide bonds. The summed E-state index contributed by atoms with van der Waals surface area (Å²) in [7, 11) is -0.189. The quantitative estimate of drug-likeness (QED) is 0.412. The van der Waals surface area contributed by atoms with Crippen molar-refractivity contribution in [2.45, 2.75) is 39.5 Å². The van der Waals surface area contributed by atoms with Crippen LogP contribution < -0.4 is 14.8 Å². The van der Waals surface area contributed by atoms with Crippen LogP contribution in [0.3, 0.4) is 0 Å². The van der Waals surface area contributed by atoms with Crippen molar-refractivity contribution in [3.8, 4) is 5.75 Å². The maximum Gasteiger partial charge on any atom is 0.256 e. The normalized spacial score (nSPS) is 14.5. The van der Waals surface area contributed by atoms with Crippen LogP contribution in [-0.4, -0.2) is 74.1 Å². The van der Waals surface area contributed by atoms with E-state index in [9.17, 15) is 18.0 Å². The fourth-order valence-electron chi connectivity index (χ4n) is 5.36. The number of carbonyl (C=O) groups is 2. The van der Waals surface area contributed by atoms with E-state index in [0.717, 1.165) is 34.8 Å². The van der Waals surface area contributed by atoms with Gasteiger partial charge < -0.3 is 24.4 Å².